The van der Waals surface area contributed by atoms with Crippen LogP contribution in [0.2, 0.25) is 0 Å². The highest BCUT2D eigenvalue weighted by Crippen LogP contribution is 2.18. The molecule has 28 heavy (non-hydrogen) atoms. The summed E-state index contributed by atoms with van der Waals surface area (Å²) in [6.07, 6.45) is 6.74. The third-order valence-corrected chi connectivity index (χ3v) is 5.29. The highest BCUT2D eigenvalue weighted by Gasteiger charge is 2.13. The van der Waals surface area contributed by atoms with Gasteiger partial charge >= 0.3 is 0 Å². The molecule has 0 bridgehead atoms. The minimum Gasteiger partial charge on any atom is -0.357 e. The second kappa shape index (κ2) is 10.6. The predicted molar refractivity (Wildman–Crippen MR) is 118 cm³/mol. The topological polar surface area (TPSA) is 57.3 Å². The summed E-state index contributed by atoms with van der Waals surface area (Å²) in [6.45, 7) is 4.52. The lowest BCUT2D eigenvalue weighted by molar-refractivity contribution is 0.0950. The Hall–Kier alpha value is -1.82. The summed E-state index contributed by atoms with van der Waals surface area (Å²) in [7, 11) is 0. The number of nitrogens with one attached hydrogen (secondary N) is 2. The lowest BCUT2D eigenvalue weighted by Gasteiger charge is -2.21. The minimum atomic E-state index is -0.0708. The van der Waals surface area contributed by atoms with Gasteiger partial charge in [-0.2, -0.15) is 0 Å². The van der Waals surface area contributed by atoms with Crippen molar-refractivity contribution in [1.82, 2.24) is 15.6 Å². The number of rotatable bonds is 4. The minimum absolute atomic E-state index is 0. The van der Waals surface area contributed by atoms with Crippen LogP contribution in [-0.2, 0) is 19.6 Å². The molecular formula is C21H28Cl2N4O. The number of hydrogen-bond acceptors (Lipinski definition) is 4. The van der Waals surface area contributed by atoms with Gasteiger partial charge in [-0.15, -0.1) is 24.8 Å². The first-order chi connectivity index (χ1) is 12.8. The van der Waals surface area contributed by atoms with Gasteiger partial charge in [0.2, 0.25) is 0 Å². The second-order valence-corrected chi connectivity index (χ2v) is 7.20. The summed E-state index contributed by atoms with van der Waals surface area (Å²) < 4.78 is 0. The predicted octanol–water partition coefficient (Wildman–Crippen LogP) is 3.84. The third kappa shape index (κ3) is 5.37. The fourth-order valence-electron chi connectivity index (χ4n) is 3.75. The van der Waals surface area contributed by atoms with Crippen LogP contribution in [0.25, 0.3) is 0 Å². The molecule has 0 radical (unpaired) electrons. The van der Waals surface area contributed by atoms with E-state index in [4.69, 9.17) is 0 Å². The Kier molecular flexibility index (Phi) is 8.55. The van der Waals surface area contributed by atoms with E-state index in [-0.39, 0.29) is 30.7 Å². The zero-order valence-electron chi connectivity index (χ0n) is 15.9. The quantitative estimate of drug-likeness (QED) is 0.785. The average molecular weight is 423 g/mol. The number of nitrogens with zero attached hydrogens (tertiary/aromatic N) is 2. The molecule has 1 amide bonds. The van der Waals surface area contributed by atoms with Crippen LogP contribution in [-0.4, -0.2) is 24.0 Å². The molecule has 2 aliphatic heterocycles. The van der Waals surface area contributed by atoms with Crippen LogP contribution in [0.3, 0.4) is 0 Å². The molecule has 0 saturated carbocycles. The first kappa shape index (κ1) is 22.5. The number of halogens is 2. The van der Waals surface area contributed by atoms with Crippen molar-refractivity contribution in [3.8, 4) is 0 Å². The maximum Gasteiger partial charge on any atom is 0.253 e. The standard InChI is InChI=1S/C21H26N4O.2ClH/c26-21(24-12-16-5-6-17-13-22-14-19(17)11-16)18-7-8-20(23-15-18)25-9-3-1-2-4-10-25;;/h5-8,11,15,22H,1-4,9-10,12-14H2,(H,24,26);2*1H. The molecule has 0 spiro atoms. The fraction of sp³-hybridized carbons (Fsp3) is 0.429. The lowest BCUT2D eigenvalue weighted by Crippen LogP contribution is -2.26. The van der Waals surface area contributed by atoms with Crippen molar-refractivity contribution in [1.29, 1.82) is 0 Å². The highest BCUT2D eigenvalue weighted by atomic mass is 35.5. The number of benzene rings is 1. The molecule has 0 aliphatic carbocycles. The van der Waals surface area contributed by atoms with Crippen LogP contribution < -0.4 is 15.5 Å². The first-order valence-electron chi connectivity index (χ1n) is 9.60. The maximum absolute atomic E-state index is 12.4. The third-order valence-electron chi connectivity index (χ3n) is 5.29. The summed E-state index contributed by atoms with van der Waals surface area (Å²) in [4.78, 5) is 19.3. The number of aromatic nitrogens is 1. The molecule has 5 nitrogen and oxygen atoms in total. The van der Waals surface area contributed by atoms with Gasteiger partial charge in [-0.05, 0) is 41.7 Å². The molecule has 1 fully saturated rings. The van der Waals surface area contributed by atoms with E-state index in [1.807, 2.05) is 12.1 Å². The molecule has 4 rings (SSSR count). The highest BCUT2D eigenvalue weighted by molar-refractivity contribution is 5.94. The van der Waals surface area contributed by atoms with Gasteiger partial charge in [0, 0.05) is 38.9 Å². The monoisotopic (exact) mass is 422 g/mol. The van der Waals surface area contributed by atoms with Crippen LogP contribution in [0.5, 0.6) is 0 Å². The van der Waals surface area contributed by atoms with Gasteiger partial charge in [0.1, 0.15) is 5.82 Å². The van der Waals surface area contributed by atoms with Crippen LogP contribution in [0, 0.1) is 0 Å². The molecule has 152 valence electrons. The molecule has 2 aliphatic rings. The summed E-state index contributed by atoms with van der Waals surface area (Å²) >= 11 is 0. The molecule has 7 heteroatoms. The Morgan fingerprint density at radius 1 is 1.00 bits per heavy atom. The van der Waals surface area contributed by atoms with Crippen LogP contribution in [0.15, 0.2) is 36.5 Å². The summed E-state index contributed by atoms with van der Waals surface area (Å²) in [6, 6.07) is 10.3. The van der Waals surface area contributed by atoms with E-state index in [1.165, 1.54) is 36.8 Å². The summed E-state index contributed by atoms with van der Waals surface area (Å²) in [5.41, 5.74) is 4.44. The largest absolute Gasteiger partial charge is 0.357 e. The Labute approximate surface area is 179 Å². The lowest BCUT2D eigenvalue weighted by atomic mass is 10.1. The Bertz CT molecular complexity index is 774. The molecule has 2 aromatic rings. The SMILES string of the molecule is Cl.Cl.O=C(NCc1ccc2c(c1)CNC2)c1ccc(N2CCCCCC2)nc1. The number of hydrogen-bond donors (Lipinski definition) is 2. The van der Waals surface area contributed by atoms with Crippen LogP contribution in [0.4, 0.5) is 5.82 Å². The molecule has 2 N–H and O–H groups in total. The normalized spacial score (nSPS) is 15.6. The van der Waals surface area contributed by atoms with Crippen molar-refractivity contribution >= 4 is 36.5 Å². The molecular weight excluding hydrogens is 395 g/mol. The first-order valence-corrected chi connectivity index (χ1v) is 9.60. The van der Waals surface area contributed by atoms with E-state index >= 15 is 0 Å². The summed E-state index contributed by atoms with van der Waals surface area (Å²) in [5, 5.41) is 6.34. The molecule has 1 aromatic heterocycles. The van der Waals surface area contributed by atoms with Gasteiger partial charge in [0.25, 0.3) is 5.91 Å². The Morgan fingerprint density at radius 2 is 1.75 bits per heavy atom. The van der Waals surface area contributed by atoms with Crippen molar-refractivity contribution in [2.45, 2.75) is 45.3 Å². The molecule has 0 atom stereocenters. The van der Waals surface area contributed by atoms with Crippen molar-refractivity contribution in [3.05, 3.63) is 58.8 Å². The smallest absolute Gasteiger partial charge is 0.253 e. The van der Waals surface area contributed by atoms with Crippen molar-refractivity contribution < 1.29 is 4.79 Å². The van der Waals surface area contributed by atoms with Gasteiger partial charge in [0.15, 0.2) is 0 Å². The van der Waals surface area contributed by atoms with Crippen molar-refractivity contribution in [2.24, 2.45) is 0 Å². The van der Waals surface area contributed by atoms with Gasteiger partial charge in [-0.3, -0.25) is 4.79 Å². The van der Waals surface area contributed by atoms with E-state index in [2.05, 4.69) is 38.7 Å². The summed E-state index contributed by atoms with van der Waals surface area (Å²) in [5.74, 6) is 0.910. The zero-order chi connectivity index (χ0) is 17.8. The van der Waals surface area contributed by atoms with Crippen LogP contribution >= 0.6 is 24.8 Å². The van der Waals surface area contributed by atoms with Crippen molar-refractivity contribution in [2.75, 3.05) is 18.0 Å². The fourth-order valence-corrected chi connectivity index (χ4v) is 3.75. The number of amides is 1. The van der Waals surface area contributed by atoms with E-state index in [0.29, 0.717) is 12.1 Å². The number of carbonyl (C=O) groups is 1. The maximum atomic E-state index is 12.4. The van der Waals surface area contributed by atoms with Gasteiger partial charge < -0.3 is 15.5 Å². The molecule has 3 heterocycles. The Morgan fingerprint density at radius 3 is 2.46 bits per heavy atom. The van der Waals surface area contributed by atoms with Crippen LogP contribution in [0.1, 0.15) is 52.7 Å². The zero-order valence-corrected chi connectivity index (χ0v) is 17.6. The number of carbonyl (C=O) groups excluding carboxylic acids is 1. The van der Waals surface area contributed by atoms with Gasteiger partial charge in [0.05, 0.1) is 5.56 Å². The average Bonchev–Trinajstić information content (AvgIpc) is 2.98. The van der Waals surface area contributed by atoms with Gasteiger partial charge in [-0.1, -0.05) is 31.0 Å². The molecule has 0 unspecified atom stereocenters. The van der Waals surface area contributed by atoms with E-state index in [0.717, 1.165) is 37.6 Å². The van der Waals surface area contributed by atoms with E-state index in [9.17, 15) is 4.79 Å². The molecule has 1 aromatic carbocycles. The number of pyridine rings is 1. The molecule has 1 saturated heterocycles. The van der Waals surface area contributed by atoms with Gasteiger partial charge in [-0.25, -0.2) is 4.98 Å². The second-order valence-electron chi connectivity index (χ2n) is 7.20. The number of fused-ring (bicyclic) bond motifs is 1. The van der Waals surface area contributed by atoms with E-state index in [1.54, 1.807) is 6.20 Å². The van der Waals surface area contributed by atoms with E-state index < -0.39 is 0 Å². The number of anilines is 1. The Balaban J connectivity index is 0.00000140. The van der Waals surface area contributed by atoms with Crippen molar-refractivity contribution in [3.63, 3.8) is 0 Å².